The first-order valence-corrected chi connectivity index (χ1v) is 6.46. The predicted octanol–water partition coefficient (Wildman–Crippen LogP) is 1.83. The zero-order valence-corrected chi connectivity index (χ0v) is 11.1. The van der Waals surface area contributed by atoms with Crippen LogP contribution in [0.3, 0.4) is 0 Å². The fraction of sp³-hybridized carbons (Fsp3) is 0.455. The molecular weight excluding hydrogens is 224 g/mol. The molecule has 0 saturated heterocycles. The van der Waals surface area contributed by atoms with Crippen molar-refractivity contribution in [2.45, 2.75) is 20.8 Å². The van der Waals surface area contributed by atoms with Crippen molar-refractivity contribution in [3.63, 3.8) is 0 Å². The molecule has 0 aliphatic carbocycles. The molecule has 5 heteroatoms. The fourth-order valence-corrected chi connectivity index (χ4v) is 2.32. The maximum atomic E-state index is 11.7. The highest BCUT2D eigenvalue weighted by atomic mass is 32.2. The summed E-state index contributed by atoms with van der Waals surface area (Å²) in [7, 11) is -0.423. The van der Waals surface area contributed by atoms with Gasteiger partial charge in [-0.05, 0) is 31.9 Å². The van der Waals surface area contributed by atoms with Crippen molar-refractivity contribution >= 4 is 15.9 Å². The summed E-state index contributed by atoms with van der Waals surface area (Å²) >= 11 is 0. The van der Waals surface area contributed by atoms with E-state index in [4.69, 9.17) is 0 Å². The molecule has 1 aromatic carbocycles. The standard InChI is InChI=1S/C11H18N2O2S/c1-8-6-9(2)11(10(3)7-8)12-16(14,15)13(4)5/h6-7,12H,1-5H3. The molecule has 16 heavy (non-hydrogen) atoms. The Kier molecular flexibility index (Phi) is 3.60. The highest BCUT2D eigenvalue weighted by molar-refractivity contribution is 7.90. The van der Waals surface area contributed by atoms with E-state index in [-0.39, 0.29) is 0 Å². The van der Waals surface area contributed by atoms with Crippen LogP contribution in [-0.4, -0.2) is 26.8 Å². The Morgan fingerprint density at radius 1 is 1.06 bits per heavy atom. The summed E-state index contributed by atoms with van der Waals surface area (Å²) in [6.07, 6.45) is 0. The van der Waals surface area contributed by atoms with Crippen molar-refractivity contribution in [2.24, 2.45) is 0 Å². The van der Waals surface area contributed by atoms with Gasteiger partial charge in [0.2, 0.25) is 0 Å². The number of anilines is 1. The summed E-state index contributed by atoms with van der Waals surface area (Å²) in [5.74, 6) is 0. The molecule has 0 heterocycles. The lowest BCUT2D eigenvalue weighted by Gasteiger charge is -2.17. The zero-order chi connectivity index (χ0) is 12.5. The van der Waals surface area contributed by atoms with Crippen LogP contribution in [-0.2, 0) is 10.2 Å². The van der Waals surface area contributed by atoms with Gasteiger partial charge in [0.05, 0.1) is 5.69 Å². The number of nitrogens with zero attached hydrogens (tertiary/aromatic N) is 1. The zero-order valence-electron chi connectivity index (χ0n) is 10.3. The fourth-order valence-electron chi connectivity index (χ4n) is 1.56. The van der Waals surface area contributed by atoms with Crippen LogP contribution in [0, 0.1) is 20.8 Å². The Hall–Kier alpha value is -1.07. The average Bonchev–Trinajstić information content (AvgIpc) is 2.11. The monoisotopic (exact) mass is 242 g/mol. The third-order valence-corrected chi connectivity index (χ3v) is 3.81. The van der Waals surface area contributed by atoms with Crippen molar-refractivity contribution in [1.29, 1.82) is 0 Å². The molecular formula is C11H18N2O2S. The van der Waals surface area contributed by atoms with Gasteiger partial charge in [0, 0.05) is 14.1 Å². The molecule has 0 fully saturated rings. The lowest BCUT2D eigenvalue weighted by molar-refractivity contribution is 0.526. The minimum Gasteiger partial charge on any atom is -0.270 e. The van der Waals surface area contributed by atoms with Gasteiger partial charge in [-0.15, -0.1) is 0 Å². The van der Waals surface area contributed by atoms with Gasteiger partial charge in [-0.25, -0.2) is 0 Å². The molecule has 90 valence electrons. The van der Waals surface area contributed by atoms with E-state index in [0.717, 1.165) is 21.0 Å². The molecule has 0 spiro atoms. The summed E-state index contributed by atoms with van der Waals surface area (Å²) in [5.41, 5.74) is 3.66. The molecule has 4 nitrogen and oxygen atoms in total. The molecule has 0 saturated carbocycles. The maximum absolute atomic E-state index is 11.7. The lowest BCUT2D eigenvalue weighted by Crippen LogP contribution is -2.29. The average molecular weight is 242 g/mol. The van der Waals surface area contributed by atoms with E-state index in [1.165, 1.54) is 14.1 Å². The molecule has 1 aromatic rings. The summed E-state index contributed by atoms with van der Waals surface area (Å²) in [6, 6.07) is 3.92. The van der Waals surface area contributed by atoms with Gasteiger partial charge in [0.15, 0.2) is 0 Å². The third kappa shape index (κ3) is 2.74. The van der Waals surface area contributed by atoms with Crippen LogP contribution < -0.4 is 4.72 Å². The largest absolute Gasteiger partial charge is 0.301 e. The van der Waals surface area contributed by atoms with Crippen molar-refractivity contribution in [1.82, 2.24) is 4.31 Å². The van der Waals surface area contributed by atoms with Crippen molar-refractivity contribution in [2.75, 3.05) is 18.8 Å². The first-order valence-electron chi connectivity index (χ1n) is 5.02. The minimum atomic E-state index is -3.43. The first kappa shape index (κ1) is 13.0. The molecule has 0 amide bonds. The smallest absolute Gasteiger partial charge is 0.270 e. The number of benzene rings is 1. The second-order valence-corrected chi connectivity index (χ2v) is 6.05. The van der Waals surface area contributed by atoms with Crippen LogP contribution in [0.4, 0.5) is 5.69 Å². The second-order valence-electron chi connectivity index (χ2n) is 4.16. The number of aryl methyl sites for hydroxylation is 3. The van der Waals surface area contributed by atoms with Crippen molar-refractivity contribution in [3.8, 4) is 0 Å². The topological polar surface area (TPSA) is 49.4 Å². The van der Waals surface area contributed by atoms with Gasteiger partial charge in [-0.3, -0.25) is 4.72 Å². The van der Waals surface area contributed by atoms with Gasteiger partial charge < -0.3 is 0 Å². The Labute approximate surface area is 97.5 Å². The molecule has 0 radical (unpaired) electrons. The Morgan fingerprint density at radius 2 is 1.50 bits per heavy atom. The van der Waals surface area contributed by atoms with Crippen LogP contribution in [0.15, 0.2) is 12.1 Å². The quantitative estimate of drug-likeness (QED) is 0.879. The normalized spacial score (nSPS) is 11.9. The molecule has 0 atom stereocenters. The van der Waals surface area contributed by atoms with Crippen LogP contribution in [0.5, 0.6) is 0 Å². The van der Waals surface area contributed by atoms with Crippen molar-refractivity contribution in [3.05, 3.63) is 28.8 Å². The molecule has 0 unspecified atom stereocenters. The minimum absolute atomic E-state index is 0.666. The lowest BCUT2D eigenvalue weighted by atomic mass is 10.1. The molecule has 1 N–H and O–H groups in total. The van der Waals surface area contributed by atoms with Gasteiger partial charge in [0.25, 0.3) is 0 Å². The van der Waals surface area contributed by atoms with E-state index >= 15 is 0 Å². The van der Waals surface area contributed by atoms with Gasteiger partial charge in [0.1, 0.15) is 0 Å². The van der Waals surface area contributed by atoms with E-state index in [9.17, 15) is 8.42 Å². The van der Waals surface area contributed by atoms with Crippen LogP contribution in [0.1, 0.15) is 16.7 Å². The number of rotatable bonds is 3. The van der Waals surface area contributed by atoms with Crippen LogP contribution in [0.2, 0.25) is 0 Å². The summed E-state index contributed by atoms with van der Waals surface area (Å²) in [5, 5.41) is 0. The SMILES string of the molecule is Cc1cc(C)c(NS(=O)(=O)N(C)C)c(C)c1. The maximum Gasteiger partial charge on any atom is 0.301 e. The van der Waals surface area contributed by atoms with Gasteiger partial charge in [-0.2, -0.15) is 12.7 Å². The van der Waals surface area contributed by atoms with Crippen molar-refractivity contribution < 1.29 is 8.42 Å². The highest BCUT2D eigenvalue weighted by Gasteiger charge is 2.15. The number of nitrogens with one attached hydrogen (secondary N) is 1. The summed E-state index contributed by atoms with van der Waals surface area (Å²) in [6.45, 7) is 5.78. The Bertz CT molecular complexity index is 470. The summed E-state index contributed by atoms with van der Waals surface area (Å²) in [4.78, 5) is 0. The molecule has 0 aromatic heterocycles. The number of hydrogen-bond acceptors (Lipinski definition) is 2. The summed E-state index contributed by atoms with van der Waals surface area (Å²) < 4.78 is 27.1. The Morgan fingerprint density at radius 3 is 1.88 bits per heavy atom. The third-order valence-electron chi connectivity index (χ3n) is 2.39. The van der Waals surface area contributed by atoms with Crippen LogP contribution in [0.25, 0.3) is 0 Å². The second kappa shape index (κ2) is 4.43. The molecule has 0 aliphatic heterocycles. The van der Waals surface area contributed by atoms with Gasteiger partial charge >= 0.3 is 10.2 Å². The molecule has 0 bridgehead atoms. The van der Waals surface area contributed by atoms with E-state index in [1.807, 2.05) is 32.9 Å². The molecule has 0 aliphatic rings. The highest BCUT2D eigenvalue weighted by Crippen LogP contribution is 2.23. The van der Waals surface area contributed by atoms with E-state index in [1.54, 1.807) is 0 Å². The van der Waals surface area contributed by atoms with Gasteiger partial charge in [-0.1, -0.05) is 17.7 Å². The first-order chi connectivity index (χ1) is 7.24. The van der Waals surface area contributed by atoms with E-state index < -0.39 is 10.2 Å². The van der Waals surface area contributed by atoms with E-state index in [0.29, 0.717) is 5.69 Å². The molecule has 1 rings (SSSR count). The van der Waals surface area contributed by atoms with E-state index in [2.05, 4.69) is 4.72 Å². The van der Waals surface area contributed by atoms with Crippen LogP contribution >= 0.6 is 0 Å². The predicted molar refractivity (Wildman–Crippen MR) is 66.9 cm³/mol. The number of hydrogen-bond donors (Lipinski definition) is 1. The Balaban J connectivity index is 3.17.